The van der Waals surface area contributed by atoms with Crippen molar-refractivity contribution >= 4 is 38.5 Å². The van der Waals surface area contributed by atoms with Crippen molar-refractivity contribution < 1.29 is 13.2 Å². The highest BCUT2D eigenvalue weighted by atomic mass is 32.2. The van der Waals surface area contributed by atoms with Gasteiger partial charge in [-0.2, -0.15) is 0 Å². The number of hydrogen-bond acceptors (Lipinski definition) is 5. The van der Waals surface area contributed by atoms with Crippen LogP contribution < -0.4 is 10.6 Å². The minimum absolute atomic E-state index is 0.0447. The van der Waals surface area contributed by atoms with Crippen molar-refractivity contribution in [2.75, 3.05) is 6.54 Å². The van der Waals surface area contributed by atoms with Gasteiger partial charge in [0, 0.05) is 17.5 Å². The quantitative estimate of drug-likeness (QED) is 0.782. The molecule has 2 atom stereocenters. The average molecular weight is 373 g/mol. The summed E-state index contributed by atoms with van der Waals surface area (Å²) in [6.07, 6.45) is 0.815. The number of rotatable bonds is 7. The SMILES string of the molecule is CCC(C)NC(=O)NCC(c1cccs1)S(=O)(=O)c1cccs1. The molecule has 0 radical (unpaired) electrons. The predicted octanol–water partition coefficient (Wildman–Crippen LogP) is 3.42. The zero-order valence-corrected chi connectivity index (χ0v) is 15.4. The van der Waals surface area contributed by atoms with Gasteiger partial charge in [-0.25, -0.2) is 13.2 Å². The Bertz CT molecular complexity index is 709. The third-order valence-electron chi connectivity index (χ3n) is 3.45. The molecule has 2 aromatic rings. The number of urea groups is 1. The lowest BCUT2D eigenvalue weighted by molar-refractivity contribution is 0.237. The van der Waals surface area contributed by atoms with Crippen molar-refractivity contribution in [1.29, 1.82) is 0 Å². The van der Waals surface area contributed by atoms with Gasteiger partial charge in [-0.1, -0.05) is 19.1 Å². The number of thiophene rings is 2. The molecule has 0 fully saturated rings. The van der Waals surface area contributed by atoms with Gasteiger partial charge in [0.25, 0.3) is 0 Å². The molecule has 0 spiro atoms. The van der Waals surface area contributed by atoms with E-state index >= 15 is 0 Å². The average Bonchev–Trinajstić information content (AvgIpc) is 3.20. The van der Waals surface area contributed by atoms with Crippen LogP contribution in [0, 0.1) is 0 Å². The van der Waals surface area contributed by atoms with Gasteiger partial charge < -0.3 is 10.6 Å². The van der Waals surface area contributed by atoms with Crippen LogP contribution >= 0.6 is 22.7 Å². The molecule has 2 N–H and O–H groups in total. The van der Waals surface area contributed by atoms with Crippen molar-refractivity contribution in [2.45, 2.75) is 35.8 Å². The van der Waals surface area contributed by atoms with Crippen LogP contribution in [0.4, 0.5) is 4.79 Å². The van der Waals surface area contributed by atoms with Crippen LogP contribution in [-0.2, 0) is 9.84 Å². The maximum atomic E-state index is 12.8. The van der Waals surface area contributed by atoms with E-state index in [4.69, 9.17) is 0 Å². The number of hydrogen-bond donors (Lipinski definition) is 2. The molecule has 0 aliphatic rings. The Morgan fingerprint density at radius 1 is 1.22 bits per heavy atom. The zero-order valence-electron chi connectivity index (χ0n) is 13.0. The fourth-order valence-corrected chi connectivity index (χ4v) is 5.95. The summed E-state index contributed by atoms with van der Waals surface area (Å²) < 4.78 is 26.0. The summed E-state index contributed by atoms with van der Waals surface area (Å²) in [6.45, 7) is 3.92. The molecule has 23 heavy (non-hydrogen) atoms. The molecule has 2 heterocycles. The van der Waals surface area contributed by atoms with E-state index in [0.717, 1.165) is 11.3 Å². The summed E-state index contributed by atoms with van der Waals surface area (Å²) in [5, 5.41) is 8.27. The van der Waals surface area contributed by atoms with Gasteiger partial charge >= 0.3 is 6.03 Å². The highest BCUT2D eigenvalue weighted by Crippen LogP contribution is 2.33. The van der Waals surface area contributed by atoms with Gasteiger partial charge in [0.2, 0.25) is 0 Å². The number of sulfone groups is 1. The van der Waals surface area contributed by atoms with Crippen molar-refractivity contribution in [1.82, 2.24) is 10.6 Å². The summed E-state index contributed by atoms with van der Waals surface area (Å²) in [5.74, 6) is 0. The Labute approximate surface area is 144 Å². The van der Waals surface area contributed by atoms with E-state index in [1.807, 2.05) is 25.3 Å². The van der Waals surface area contributed by atoms with Crippen LogP contribution in [-0.4, -0.2) is 27.0 Å². The van der Waals surface area contributed by atoms with Gasteiger partial charge in [-0.15, -0.1) is 22.7 Å². The second-order valence-electron chi connectivity index (χ2n) is 5.14. The maximum absolute atomic E-state index is 12.8. The van der Waals surface area contributed by atoms with Gasteiger partial charge in [0.05, 0.1) is 0 Å². The first-order chi connectivity index (χ1) is 10.9. The van der Waals surface area contributed by atoms with E-state index in [9.17, 15) is 13.2 Å². The van der Waals surface area contributed by atoms with E-state index < -0.39 is 15.1 Å². The molecule has 126 valence electrons. The van der Waals surface area contributed by atoms with Crippen LogP contribution in [0.25, 0.3) is 0 Å². The van der Waals surface area contributed by atoms with Crippen molar-refractivity contribution in [2.24, 2.45) is 0 Å². The number of carbonyl (C=O) groups excluding carboxylic acids is 1. The molecular weight excluding hydrogens is 352 g/mol. The number of amides is 2. The highest BCUT2D eigenvalue weighted by Gasteiger charge is 2.31. The van der Waals surface area contributed by atoms with Gasteiger partial charge in [-0.05, 0) is 36.2 Å². The summed E-state index contributed by atoms with van der Waals surface area (Å²) in [6, 6.07) is 6.61. The molecule has 0 saturated heterocycles. The first kappa shape index (κ1) is 18.0. The molecule has 8 heteroatoms. The molecular formula is C15H20N2O3S3. The molecule has 2 unspecified atom stereocenters. The van der Waals surface area contributed by atoms with Crippen LogP contribution in [0.15, 0.2) is 39.2 Å². The van der Waals surface area contributed by atoms with Crippen LogP contribution in [0.5, 0.6) is 0 Å². The largest absolute Gasteiger partial charge is 0.336 e. The third-order valence-corrected chi connectivity index (χ3v) is 8.10. The lowest BCUT2D eigenvalue weighted by Crippen LogP contribution is -2.42. The predicted molar refractivity (Wildman–Crippen MR) is 94.9 cm³/mol. The highest BCUT2D eigenvalue weighted by molar-refractivity contribution is 7.93. The Morgan fingerprint density at radius 2 is 1.91 bits per heavy atom. The van der Waals surface area contributed by atoms with Gasteiger partial charge in [-0.3, -0.25) is 0 Å². The Morgan fingerprint density at radius 3 is 2.48 bits per heavy atom. The molecule has 2 rings (SSSR count). The van der Waals surface area contributed by atoms with Crippen molar-refractivity contribution in [3.8, 4) is 0 Å². The lowest BCUT2D eigenvalue weighted by Gasteiger charge is -2.18. The monoisotopic (exact) mass is 372 g/mol. The fraction of sp³-hybridized carbons (Fsp3) is 0.400. The van der Waals surface area contributed by atoms with E-state index in [0.29, 0.717) is 4.21 Å². The summed E-state index contributed by atoms with van der Waals surface area (Å²) >= 11 is 2.57. The fourth-order valence-electron chi connectivity index (χ4n) is 1.97. The van der Waals surface area contributed by atoms with E-state index in [1.165, 1.54) is 22.7 Å². The summed E-state index contributed by atoms with van der Waals surface area (Å²) in [4.78, 5) is 12.6. The summed E-state index contributed by atoms with van der Waals surface area (Å²) in [5.41, 5.74) is 0. The smallest absolute Gasteiger partial charge is 0.315 e. The normalized spacial score (nSPS) is 14.2. The first-order valence-electron chi connectivity index (χ1n) is 7.30. The molecule has 2 amide bonds. The third kappa shape index (κ3) is 4.55. The second kappa shape index (κ2) is 7.94. The van der Waals surface area contributed by atoms with Crippen molar-refractivity contribution in [3.05, 3.63) is 39.9 Å². The van der Waals surface area contributed by atoms with Crippen molar-refractivity contribution in [3.63, 3.8) is 0 Å². The van der Waals surface area contributed by atoms with Crippen LogP contribution in [0.3, 0.4) is 0 Å². The first-order valence-corrected chi connectivity index (χ1v) is 10.6. The number of nitrogens with one attached hydrogen (secondary N) is 2. The van der Waals surface area contributed by atoms with Crippen LogP contribution in [0.1, 0.15) is 30.4 Å². The Kier molecular flexibility index (Phi) is 6.20. The molecule has 0 aromatic carbocycles. The molecule has 0 saturated carbocycles. The summed E-state index contributed by atoms with van der Waals surface area (Å²) in [7, 11) is -3.52. The Hall–Kier alpha value is -1.38. The van der Waals surface area contributed by atoms with Gasteiger partial charge in [0.15, 0.2) is 9.84 Å². The molecule has 5 nitrogen and oxygen atoms in total. The van der Waals surface area contributed by atoms with E-state index in [2.05, 4.69) is 10.6 Å². The van der Waals surface area contributed by atoms with Crippen LogP contribution in [0.2, 0.25) is 0 Å². The van der Waals surface area contributed by atoms with Gasteiger partial charge in [0.1, 0.15) is 9.46 Å². The standard InChI is InChI=1S/C15H20N2O3S3/c1-3-11(2)17-15(18)16-10-13(12-6-4-8-21-12)23(19,20)14-7-5-9-22-14/h4-9,11,13H,3,10H2,1-2H3,(H2,16,17,18). The second-order valence-corrected chi connectivity index (χ2v) is 9.43. The molecule has 0 bridgehead atoms. The zero-order chi connectivity index (χ0) is 16.9. The molecule has 0 aliphatic heterocycles. The van der Waals surface area contributed by atoms with E-state index in [1.54, 1.807) is 23.6 Å². The minimum atomic E-state index is -3.52. The maximum Gasteiger partial charge on any atom is 0.315 e. The molecule has 0 aliphatic carbocycles. The number of carbonyl (C=O) groups is 1. The molecule has 2 aromatic heterocycles. The lowest BCUT2D eigenvalue weighted by atomic mass is 10.3. The minimum Gasteiger partial charge on any atom is -0.336 e. The van der Waals surface area contributed by atoms with E-state index in [-0.39, 0.29) is 18.6 Å². The topological polar surface area (TPSA) is 75.3 Å². The Balaban J connectivity index is 2.15.